The number of rotatable bonds is 1. The van der Waals surface area contributed by atoms with Gasteiger partial charge in [0.25, 0.3) is 0 Å². The number of amides is 2. The van der Waals surface area contributed by atoms with E-state index in [-0.39, 0.29) is 28.6 Å². The molecule has 3 saturated carbocycles. The Bertz CT molecular complexity index is 688. The van der Waals surface area contributed by atoms with Crippen LogP contribution in [0.2, 0.25) is 0 Å². The first-order valence-corrected chi connectivity index (χ1v) is 10.8. The van der Waals surface area contributed by atoms with E-state index in [2.05, 4.69) is 39.1 Å². The average Bonchev–Trinajstić information content (AvgIpc) is 2.90. The predicted molar refractivity (Wildman–Crippen MR) is 107 cm³/mol. The molecule has 27 heavy (non-hydrogen) atoms. The molecule has 0 aromatic carbocycles. The van der Waals surface area contributed by atoms with Crippen molar-refractivity contribution in [1.29, 1.82) is 0 Å². The minimum absolute atomic E-state index is 0.0650. The van der Waals surface area contributed by atoms with Crippen LogP contribution < -0.4 is 5.32 Å². The second-order valence-electron chi connectivity index (χ2n) is 10.5. The molecule has 150 valence electrons. The number of nitrogens with one attached hydrogen (secondary N) is 1. The zero-order valence-corrected chi connectivity index (χ0v) is 17.8. The van der Waals surface area contributed by atoms with Crippen LogP contribution in [0.5, 0.6) is 0 Å². The molecule has 0 saturated heterocycles. The summed E-state index contributed by atoms with van der Waals surface area (Å²) in [6.07, 6.45) is 8.58. The number of nitrogens with zero attached hydrogens (tertiary/aromatic N) is 1. The Morgan fingerprint density at radius 1 is 1.19 bits per heavy atom. The standard InChI is InChI=1S/C23H36N2O2/c1-13-12-17-22(3,10-8-18(26)25(17)6)15-7-9-23(4)16(19(13)15)11-14(2)20(23)21(27)24-5/h8,10,13-17,19-20H,7,9,11-12H2,1-6H3,(H,24,27). The van der Waals surface area contributed by atoms with E-state index in [9.17, 15) is 9.59 Å². The van der Waals surface area contributed by atoms with Crippen molar-refractivity contribution < 1.29 is 9.59 Å². The van der Waals surface area contributed by atoms with Crippen molar-refractivity contribution in [2.75, 3.05) is 14.1 Å². The summed E-state index contributed by atoms with van der Waals surface area (Å²) >= 11 is 0. The van der Waals surface area contributed by atoms with Crippen LogP contribution in [-0.2, 0) is 9.59 Å². The highest BCUT2D eigenvalue weighted by atomic mass is 16.2. The minimum atomic E-state index is 0.0650. The molecular formula is C23H36N2O2. The third-order valence-corrected chi connectivity index (χ3v) is 9.37. The highest BCUT2D eigenvalue weighted by Crippen LogP contribution is 2.67. The number of likely N-dealkylation sites (N-methyl/N-ethyl adjacent to an activating group) is 1. The lowest BCUT2D eigenvalue weighted by Gasteiger charge is -2.62. The first-order chi connectivity index (χ1) is 12.6. The molecule has 3 aliphatic carbocycles. The maximum Gasteiger partial charge on any atom is 0.246 e. The summed E-state index contributed by atoms with van der Waals surface area (Å²) < 4.78 is 0. The second kappa shape index (κ2) is 6.09. The lowest BCUT2D eigenvalue weighted by Crippen LogP contribution is -2.62. The third-order valence-electron chi connectivity index (χ3n) is 9.37. The SMILES string of the molecule is CNC(=O)C1C(C)CC2C3C(C)CC4N(C)C(=O)C=CC4(C)C3CCC21C. The van der Waals surface area contributed by atoms with E-state index in [1.165, 1.54) is 12.8 Å². The van der Waals surface area contributed by atoms with Crippen molar-refractivity contribution in [3.05, 3.63) is 12.2 Å². The van der Waals surface area contributed by atoms with Crippen LogP contribution in [0.25, 0.3) is 0 Å². The fraction of sp³-hybridized carbons (Fsp3) is 0.826. The van der Waals surface area contributed by atoms with Crippen LogP contribution in [0.15, 0.2) is 12.2 Å². The quantitative estimate of drug-likeness (QED) is 0.766. The molecule has 0 radical (unpaired) electrons. The molecule has 1 N–H and O–H groups in total. The van der Waals surface area contributed by atoms with Gasteiger partial charge in [0.2, 0.25) is 11.8 Å². The van der Waals surface area contributed by atoms with Crippen LogP contribution in [-0.4, -0.2) is 36.9 Å². The highest BCUT2D eigenvalue weighted by Gasteiger charge is 2.64. The van der Waals surface area contributed by atoms with Gasteiger partial charge in [-0.15, -0.1) is 0 Å². The monoisotopic (exact) mass is 372 g/mol. The topological polar surface area (TPSA) is 49.4 Å². The van der Waals surface area contributed by atoms with Crippen LogP contribution in [0.4, 0.5) is 0 Å². The summed E-state index contributed by atoms with van der Waals surface area (Å²) in [6.45, 7) is 9.46. The van der Waals surface area contributed by atoms with Gasteiger partial charge in [-0.3, -0.25) is 9.59 Å². The number of fused-ring (bicyclic) bond motifs is 5. The summed E-state index contributed by atoms with van der Waals surface area (Å²) in [5, 5.41) is 2.95. The number of carbonyl (C=O) groups excluding carboxylic acids is 2. The number of hydrogen-bond acceptors (Lipinski definition) is 2. The summed E-state index contributed by atoms with van der Waals surface area (Å²) in [6, 6.07) is 0.309. The molecule has 0 spiro atoms. The summed E-state index contributed by atoms with van der Waals surface area (Å²) in [5.41, 5.74) is 0.174. The van der Waals surface area contributed by atoms with E-state index in [4.69, 9.17) is 0 Å². The lowest BCUT2D eigenvalue weighted by molar-refractivity contribution is -0.148. The molecule has 9 atom stereocenters. The molecule has 9 unspecified atom stereocenters. The van der Waals surface area contributed by atoms with Gasteiger partial charge >= 0.3 is 0 Å². The maximum atomic E-state index is 12.7. The van der Waals surface area contributed by atoms with Gasteiger partial charge in [-0.25, -0.2) is 0 Å². The Kier molecular flexibility index (Phi) is 4.29. The highest BCUT2D eigenvalue weighted by molar-refractivity contribution is 5.89. The normalized spacial score (nSPS) is 51.4. The van der Waals surface area contributed by atoms with Gasteiger partial charge in [-0.2, -0.15) is 0 Å². The Labute approximate surface area is 164 Å². The zero-order valence-electron chi connectivity index (χ0n) is 17.8. The van der Waals surface area contributed by atoms with Crippen molar-refractivity contribution in [3.63, 3.8) is 0 Å². The molecule has 3 fully saturated rings. The van der Waals surface area contributed by atoms with Crippen molar-refractivity contribution in [2.45, 2.75) is 59.4 Å². The van der Waals surface area contributed by atoms with E-state index in [1.54, 1.807) is 7.05 Å². The van der Waals surface area contributed by atoms with Crippen molar-refractivity contribution in [1.82, 2.24) is 10.2 Å². The Morgan fingerprint density at radius 2 is 1.89 bits per heavy atom. The second-order valence-corrected chi connectivity index (χ2v) is 10.5. The first-order valence-electron chi connectivity index (χ1n) is 10.8. The van der Waals surface area contributed by atoms with Crippen LogP contribution in [0.3, 0.4) is 0 Å². The molecule has 1 aliphatic heterocycles. The molecule has 4 nitrogen and oxygen atoms in total. The van der Waals surface area contributed by atoms with Gasteiger partial charge in [0, 0.05) is 31.5 Å². The van der Waals surface area contributed by atoms with Crippen LogP contribution in [0, 0.1) is 46.3 Å². The van der Waals surface area contributed by atoms with Crippen LogP contribution in [0.1, 0.15) is 53.4 Å². The molecule has 2 amide bonds. The summed E-state index contributed by atoms with van der Waals surface area (Å²) in [5.74, 6) is 3.42. The predicted octanol–water partition coefficient (Wildman–Crippen LogP) is 3.48. The maximum absolute atomic E-state index is 12.7. The zero-order chi connectivity index (χ0) is 19.7. The van der Waals surface area contributed by atoms with Crippen molar-refractivity contribution >= 4 is 11.8 Å². The van der Waals surface area contributed by atoms with Gasteiger partial charge in [-0.05, 0) is 66.8 Å². The smallest absolute Gasteiger partial charge is 0.246 e. The number of carbonyl (C=O) groups is 2. The number of hydrogen-bond donors (Lipinski definition) is 1. The van der Waals surface area contributed by atoms with E-state index >= 15 is 0 Å². The average molecular weight is 373 g/mol. The van der Waals surface area contributed by atoms with Crippen molar-refractivity contribution in [3.8, 4) is 0 Å². The molecule has 4 heteroatoms. The molecular weight excluding hydrogens is 336 g/mol. The molecule has 1 heterocycles. The fourth-order valence-electron chi connectivity index (χ4n) is 8.14. The van der Waals surface area contributed by atoms with Gasteiger partial charge in [0.05, 0.1) is 0 Å². The molecule has 4 rings (SSSR count). The van der Waals surface area contributed by atoms with Gasteiger partial charge in [0.1, 0.15) is 0 Å². The van der Waals surface area contributed by atoms with Gasteiger partial charge in [0.15, 0.2) is 0 Å². The van der Waals surface area contributed by atoms with Gasteiger partial charge in [-0.1, -0.05) is 33.8 Å². The Morgan fingerprint density at radius 3 is 2.56 bits per heavy atom. The van der Waals surface area contributed by atoms with Gasteiger partial charge < -0.3 is 10.2 Å². The summed E-state index contributed by atoms with van der Waals surface area (Å²) in [7, 11) is 3.76. The minimum Gasteiger partial charge on any atom is -0.359 e. The Hall–Kier alpha value is -1.32. The molecule has 4 aliphatic rings. The Balaban J connectivity index is 1.73. The molecule has 0 bridgehead atoms. The molecule has 0 aromatic rings. The van der Waals surface area contributed by atoms with E-state index < -0.39 is 0 Å². The third kappa shape index (κ3) is 2.40. The van der Waals surface area contributed by atoms with E-state index in [0.29, 0.717) is 35.6 Å². The summed E-state index contributed by atoms with van der Waals surface area (Å²) in [4.78, 5) is 27.0. The van der Waals surface area contributed by atoms with E-state index in [1.807, 2.05) is 18.0 Å². The largest absolute Gasteiger partial charge is 0.359 e. The fourth-order valence-corrected chi connectivity index (χ4v) is 8.14. The van der Waals surface area contributed by atoms with Crippen molar-refractivity contribution in [2.24, 2.45) is 46.3 Å². The van der Waals surface area contributed by atoms with E-state index in [0.717, 1.165) is 12.8 Å². The first kappa shape index (κ1) is 19.0. The van der Waals surface area contributed by atoms with Crippen LogP contribution >= 0.6 is 0 Å². The molecule has 0 aromatic heterocycles. The lowest BCUT2D eigenvalue weighted by atomic mass is 9.45.